The smallest absolute Gasteiger partial charge is 0.289 e. The van der Waals surface area contributed by atoms with Gasteiger partial charge in [-0.1, -0.05) is 15.9 Å². The summed E-state index contributed by atoms with van der Waals surface area (Å²) in [5.41, 5.74) is 6.65. The minimum atomic E-state index is -0.239. The number of anilines is 1. The number of hydrogen-bond donors (Lipinski definition) is 2. The quantitative estimate of drug-likeness (QED) is 0.857. The van der Waals surface area contributed by atoms with Gasteiger partial charge in [-0.25, -0.2) is 4.98 Å². The maximum atomic E-state index is 11.7. The molecule has 1 amide bonds. The summed E-state index contributed by atoms with van der Waals surface area (Å²) in [6.07, 6.45) is 0. The Morgan fingerprint density at radius 2 is 2.06 bits per heavy atom. The maximum Gasteiger partial charge on any atom is 0.289 e. The van der Waals surface area contributed by atoms with Gasteiger partial charge in [0.2, 0.25) is 0 Å². The number of nitrogens with one attached hydrogen (secondary N) is 2. The Bertz CT molecular complexity index is 524. The predicted molar refractivity (Wildman–Crippen MR) is 72.1 cm³/mol. The standard InChI is InChI=1S/C11H10BrN3OS/c1-7-13-10(6-17-7)11(16)15-14-9-4-2-8(12)3-5-9/h2-6,14H,1H3,(H,15,16). The number of amides is 1. The van der Waals surface area contributed by atoms with E-state index in [1.165, 1.54) is 11.3 Å². The number of aryl methyl sites for hydroxylation is 1. The molecule has 0 unspecified atom stereocenters. The summed E-state index contributed by atoms with van der Waals surface area (Å²) >= 11 is 4.79. The summed E-state index contributed by atoms with van der Waals surface area (Å²) in [4.78, 5) is 15.8. The van der Waals surface area contributed by atoms with E-state index in [0.29, 0.717) is 5.69 Å². The monoisotopic (exact) mass is 311 g/mol. The Labute approximate surface area is 111 Å². The molecule has 6 heteroatoms. The second-order valence-electron chi connectivity index (χ2n) is 3.34. The topological polar surface area (TPSA) is 54.0 Å². The van der Waals surface area contributed by atoms with Gasteiger partial charge in [0.25, 0.3) is 5.91 Å². The third kappa shape index (κ3) is 3.28. The summed E-state index contributed by atoms with van der Waals surface area (Å²) in [6, 6.07) is 7.50. The molecule has 0 spiro atoms. The fourth-order valence-corrected chi connectivity index (χ4v) is 2.05. The predicted octanol–water partition coefficient (Wildman–Crippen LogP) is 2.97. The highest BCUT2D eigenvalue weighted by atomic mass is 79.9. The van der Waals surface area contributed by atoms with E-state index in [2.05, 4.69) is 31.8 Å². The number of nitrogens with zero attached hydrogens (tertiary/aromatic N) is 1. The van der Waals surface area contributed by atoms with Gasteiger partial charge in [0.1, 0.15) is 5.69 Å². The van der Waals surface area contributed by atoms with Crippen LogP contribution in [0.3, 0.4) is 0 Å². The Morgan fingerprint density at radius 3 is 2.65 bits per heavy atom. The molecule has 1 heterocycles. The van der Waals surface area contributed by atoms with Crippen molar-refractivity contribution in [3.63, 3.8) is 0 Å². The summed E-state index contributed by atoms with van der Waals surface area (Å²) in [5.74, 6) is -0.239. The first-order chi connectivity index (χ1) is 8.15. The summed E-state index contributed by atoms with van der Waals surface area (Å²) in [6.45, 7) is 1.86. The molecule has 2 rings (SSSR count). The van der Waals surface area contributed by atoms with Gasteiger partial charge in [-0.15, -0.1) is 11.3 Å². The summed E-state index contributed by atoms with van der Waals surface area (Å²) < 4.78 is 0.990. The Balaban J connectivity index is 1.94. The molecule has 0 fully saturated rings. The van der Waals surface area contributed by atoms with Crippen molar-refractivity contribution in [3.05, 3.63) is 44.8 Å². The van der Waals surface area contributed by atoms with Crippen LogP contribution < -0.4 is 10.9 Å². The molecular weight excluding hydrogens is 302 g/mol. The number of hydrazine groups is 1. The van der Waals surface area contributed by atoms with E-state index in [1.807, 2.05) is 31.2 Å². The molecule has 0 aliphatic carbocycles. The largest absolute Gasteiger partial charge is 0.298 e. The zero-order valence-corrected chi connectivity index (χ0v) is 11.4. The minimum absolute atomic E-state index is 0.239. The fourth-order valence-electron chi connectivity index (χ4n) is 1.19. The highest BCUT2D eigenvalue weighted by Gasteiger charge is 2.08. The summed E-state index contributed by atoms with van der Waals surface area (Å²) in [7, 11) is 0. The van der Waals surface area contributed by atoms with Crippen LogP contribution in [0.25, 0.3) is 0 Å². The number of aromatic nitrogens is 1. The van der Waals surface area contributed by atoms with Crippen molar-refractivity contribution in [2.45, 2.75) is 6.92 Å². The van der Waals surface area contributed by atoms with Crippen LogP contribution in [0, 0.1) is 6.92 Å². The van der Waals surface area contributed by atoms with Gasteiger partial charge in [0.05, 0.1) is 10.7 Å². The van der Waals surface area contributed by atoms with Gasteiger partial charge >= 0.3 is 0 Å². The molecule has 1 aromatic carbocycles. The first-order valence-corrected chi connectivity index (χ1v) is 6.56. The maximum absolute atomic E-state index is 11.7. The number of carbonyl (C=O) groups is 1. The zero-order chi connectivity index (χ0) is 12.3. The van der Waals surface area contributed by atoms with E-state index < -0.39 is 0 Å². The fraction of sp³-hybridized carbons (Fsp3) is 0.0909. The molecule has 2 aromatic rings. The van der Waals surface area contributed by atoms with Gasteiger partial charge in [-0.2, -0.15) is 0 Å². The molecule has 0 aliphatic heterocycles. The zero-order valence-electron chi connectivity index (χ0n) is 9.03. The molecule has 2 N–H and O–H groups in total. The van der Waals surface area contributed by atoms with Crippen LogP contribution in [0.1, 0.15) is 15.5 Å². The molecule has 0 bridgehead atoms. The molecule has 88 valence electrons. The lowest BCUT2D eigenvalue weighted by molar-refractivity contribution is 0.0958. The van der Waals surface area contributed by atoms with Crippen LogP contribution in [-0.4, -0.2) is 10.9 Å². The first kappa shape index (κ1) is 12.1. The molecule has 4 nitrogen and oxygen atoms in total. The van der Waals surface area contributed by atoms with Crippen LogP contribution in [-0.2, 0) is 0 Å². The third-order valence-corrected chi connectivity index (χ3v) is 3.32. The number of carbonyl (C=O) groups excluding carboxylic acids is 1. The van der Waals surface area contributed by atoms with E-state index in [1.54, 1.807) is 5.38 Å². The highest BCUT2D eigenvalue weighted by Crippen LogP contribution is 2.13. The minimum Gasteiger partial charge on any atom is -0.298 e. The highest BCUT2D eigenvalue weighted by molar-refractivity contribution is 9.10. The van der Waals surface area contributed by atoms with Gasteiger partial charge in [0, 0.05) is 9.85 Å². The molecule has 0 saturated heterocycles. The van der Waals surface area contributed by atoms with Gasteiger partial charge in [-0.3, -0.25) is 15.6 Å². The number of hydrogen-bond acceptors (Lipinski definition) is 4. The van der Waals surface area contributed by atoms with Crippen molar-refractivity contribution < 1.29 is 4.79 Å². The third-order valence-electron chi connectivity index (χ3n) is 2.02. The van der Waals surface area contributed by atoms with Crippen LogP contribution in [0.5, 0.6) is 0 Å². The van der Waals surface area contributed by atoms with Gasteiger partial charge in [-0.05, 0) is 31.2 Å². The van der Waals surface area contributed by atoms with E-state index >= 15 is 0 Å². The molecule has 0 aliphatic rings. The van der Waals surface area contributed by atoms with Crippen molar-refractivity contribution in [1.82, 2.24) is 10.4 Å². The summed E-state index contributed by atoms with van der Waals surface area (Å²) in [5, 5.41) is 2.60. The second kappa shape index (κ2) is 5.29. The normalized spacial score (nSPS) is 10.0. The number of benzene rings is 1. The SMILES string of the molecule is Cc1nc(C(=O)NNc2ccc(Br)cc2)cs1. The lowest BCUT2D eigenvalue weighted by Crippen LogP contribution is -2.29. The molecule has 17 heavy (non-hydrogen) atoms. The molecular formula is C11H10BrN3OS. The van der Waals surface area contributed by atoms with Gasteiger partial charge < -0.3 is 0 Å². The van der Waals surface area contributed by atoms with Crippen LogP contribution in [0.2, 0.25) is 0 Å². The first-order valence-electron chi connectivity index (χ1n) is 4.89. The van der Waals surface area contributed by atoms with Gasteiger partial charge in [0.15, 0.2) is 0 Å². The average Bonchev–Trinajstić information content (AvgIpc) is 2.75. The number of halogens is 1. The van der Waals surface area contributed by atoms with Crippen LogP contribution in [0.15, 0.2) is 34.1 Å². The van der Waals surface area contributed by atoms with Crippen molar-refractivity contribution in [2.24, 2.45) is 0 Å². The van der Waals surface area contributed by atoms with Crippen molar-refractivity contribution in [2.75, 3.05) is 5.43 Å². The average molecular weight is 312 g/mol. The Morgan fingerprint density at radius 1 is 1.35 bits per heavy atom. The van der Waals surface area contributed by atoms with E-state index in [9.17, 15) is 4.79 Å². The molecule has 0 atom stereocenters. The van der Waals surface area contributed by atoms with Crippen molar-refractivity contribution in [3.8, 4) is 0 Å². The lowest BCUT2D eigenvalue weighted by Gasteiger charge is -2.06. The molecule has 0 saturated carbocycles. The number of rotatable bonds is 3. The Kier molecular flexibility index (Phi) is 3.75. The van der Waals surface area contributed by atoms with E-state index in [-0.39, 0.29) is 5.91 Å². The molecule has 0 radical (unpaired) electrons. The van der Waals surface area contributed by atoms with Crippen molar-refractivity contribution >= 4 is 38.9 Å². The van der Waals surface area contributed by atoms with Crippen LogP contribution in [0.4, 0.5) is 5.69 Å². The van der Waals surface area contributed by atoms with E-state index in [0.717, 1.165) is 15.2 Å². The number of thiazole rings is 1. The second-order valence-corrected chi connectivity index (χ2v) is 5.32. The van der Waals surface area contributed by atoms with Crippen LogP contribution >= 0.6 is 27.3 Å². The lowest BCUT2D eigenvalue weighted by atomic mass is 10.3. The van der Waals surface area contributed by atoms with E-state index in [4.69, 9.17) is 0 Å². The Hall–Kier alpha value is -1.40. The van der Waals surface area contributed by atoms with Crippen molar-refractivity contribution in [1.29, 1.82) is 0 Å². The molecule has 1 aromatic heterocycles.